The van der Waals surface area contributed by atoms with E-state index in [1.54, 1.807) is 6.08 Å². The van der Waals surface area contributed by atoms with Crippen LogP contribution in [0.25, 0.3) is 0 Å². The van der Waals surface area contributed by atoms with Gasteiger partial charge in [-0.3, -0.25) is 4.90 Å². The van der Waals surface area contributed by atoms with Gasteiger partial charge in [-0.1, -0.05) is 13.8 Å². The molecule has 6 nitrogen and oxygen atoms in total. The highest BCUT2D eigenvalue weighted by molar-refractivity contribution is 5.85. The molecule has 0 bridgehead atoms. The molecule has 5 fully saturated rings. The summed E-state index contributed by atoms with van der Waals surface area (Å²) in [5, 5.41) is 12.4. The number of nitrogens with zero attached hydrogens (tertiary/aromatic N) is 1. The van der Waals surface area contributed by atoms with E-state index in [4.69, 9.17) is 15.2 Å². The lowest BCUT2D eigenvalue weighted by molar-refractivity contribution is -0.207. The number of cyclic esters (lactones) is 1. The van der Waals surface area contributed by atoms with Gasteiger partial charge >= 0.3 is 5.97 Å². The van der Waals surface area contributed by atoms with Gasteiger partial charge in [0.1, 0.15) is 6.61 Å². The molecule has 190 valence electrons. The van der Waals surface area contributed by atoms with Gasteiger partial charge in [-0.05, 0) is 92.4 Å². The standard InChI is InChI=1S/C28H44N2O4/c1-26-8-5-20(30-11-12-33-21(15-29)16-30)14-19(26)3-4-24-23(26)6-9-27(2)22(7-10-28(24,27)32)18-13-25(31)34-17-18/h13,19-24,32H,3-12,14-17,29H2,1-2H3/t19-,20+,21?,22-,23+,24-,26+,27-,28+/m1/s1. The van der Waals surface area contributed by atoms with Crippen LogP contribution in [0.2, 0.25) is 0 Å². The first-order valence-corrected chi connectivity index (χ1v) is 13.9. The molecule has 6 aliphatic rings. The minimum absolute atomic E-state index is 0.139. The second kappa shape index (κ2) is 8.29. The number of fused-ring (bicyclic) bond motifs is 5. The lowest BCUT2D eigenvalue weighted by atomic mass is 9.43. The number of morpholine rings is 1. The quantitative estimate of drug-likeness (QED) is 0.614. The van der Waals surface area contributed by atoms with E-state index in [1.807, 2.05) is 0 Å². The fourth-order valence-electron chi connectivity index (χ4n) is 9.94. The molecule has 0 aromatic heterocycles. The Morgan fingerprint density at radius 2 is 1.97 bits per heavy atom. The first-order chi connectivity index (χ1) is 16.3. The molecule has 0 amide bonds. The van der Waals surface area contributed by atoms with Crippen molar-refractivity contribution in [3.05, 3.63) is 11.6 Å². The van der Waals surface area contributed by atoms with E-state index in [-0.39, 0.29) is 23.4 Å². The summed E-state index contributed by atoms with van der Waals surface area (Å²) < 4.78 is 11.1. The molecule has 4 aliphatic carbocycles. The fourth-order valence-corrected chi connectivity index (χ4v) is 9.94. The Morgan fingerprint density at radius 1 is 1.12 bits per heavy atom. The third kappa shape index (κ3) is 3.31. The Morgan fingerprint density at radius 3 is 2.74 bits per heavy atom. The second-order valence-corrected chi connectivity index (χ2v) is 12.9. The summed E-state index contributed by atoms with van der Waals surface area (Å²) in [6.07, 6.45) is 12.3. The van der Waals surface area contributed by atoms with Gasteiger partial charge in [-0.15, -0.1) is 0 Å². The minimum Gasteiger partial charge on any atom is -0.458 e. The minimum atomic E-state index is -0.615. The van der Waals surface area contributed by atoms with Crippen LogP contribution < -0.4 is 5.73 Å². The van der Waals surface area contributed by atoms with Gasteiger partial charge in [0, 0.05) is 37.2 Å². The van der Waals surface area contributed by atoms with Gasteiger partial charge in [-0.2, -0.15) is 0 Å². The van der Waals surface area contributed by atoms with Crippen molar-refractivity contribution in [3.8, 4) is 0 Å². The highest BCUT2D eigenvalue weighted by Gasteiger charge is 2.67. The summed E-state index contributed by atoms with van der Waals surface area (Å²) in [6, 6.07) is 0.659. The van der Waals surface area contributed by atoms with Crippen LogP contribution in [0, 0.1) is 34.5 Å². The molecule has 0 aromatic carbocycles. The van der Waals surface area contributed by atoms with E-state index in [0.717, 1.165) is 56.9 Å². The Balaban J connectivity index is 1.20. The predicted molar refractivity (Wildman–Crippen MR) is 130 cm³/mol. The van der Waals surface area contributed by atoms with E-state index < -0.39 is 5.60 Å². The van der Waals surface area contributed by atoms with E-state index in [2.05, 4.69) is 18.7 Å². The topological polar surface area (TPSA) is 85.0 Å². The Hall–Kier alpha value is -0.950. The van der Waals surface area contributed by atoms with Gasteiger partial charge < -0.3 is 20.3 Å². The van der Waals surface area contributed by atoms with Crippen molar-refractivity contribution in [2.24, 2.45) is 40.2 Å². The first-order valence-electron chi connectivity index (χ1n) is 13.9. The molecule has 2 aliphatic heterocycles. The van der Waals surface area contributed by atoms with Gasteiger partial charge in [0.25, 0.3) is 0 Å². The lowest BCUT2D eigenvalue weighted by Crippen LogP contribution is -2.63. The summed E-state index contributed by atoms with van der Waals surface area (Å²) >= 11 is 0. The summed E-state index contributed by atoms with van der Waals surface area (Å²) in [7, 11) is 0. The Labute approximate surface area is 204 Å². The number of esters is 1. The van der Waals surface area contributed by atoms with Gasteiger partial charge in [-0.25, -0.2) is 4.79 Å². The molecule has 6 rings (SSSR count). The van der Waals surface area contributed by atoms with Crippen molar-refractivity contribution in [2.45, 2.75) is 89.4 Å². The van der Waals surface area contributed by atoms with Crippen molar-refractivity contribution >= 4 is 5.97 Å². The third-order valence-corrected chi connectivity index (χ3v) is 11.9. The highest BCUT2D eigenvalue weighted by atomic mass is 16.5. The Kier molecular flexibility index (Phi) is 5.72. The van der Waals surface area contributed by atoms with Crippen molar-refractivity contribution < 1.29 is 19.4 Å². The molecule has 2 heterocycles. The predicted octanol–water partition coefficient (Wildman–Crippen LogP) is 3.27. The number of nitrogens with two attached hydrogens (primary N) is 1. The summed E-state index contributed by atoms with van der Waals surface area (Å²) in [4.78, 5) is 14.4. The van der Waals surface area contributed by atoms with Gasteiger partial charge in [0.05, 0.1) is 18.3 Å². The van der Waals surface area contributed by atoms with Crippen molar-refractivity contribution in [1.82, 2.24) is 4.90 Å². The molecule has 34 heavy (non-hydrogen) atoms. The van der Waals surface area contributed by atoms with Crippen LogP contribution in [0.4, 0.5) is 0 Å². The normalized spacial score (nSPS) is 51.3. The number of carbonyl (C=O) groups is 1. The van der Waals surface area contributed by atoms with E-state index in [0.29, 0.717) is 36.4 Å². The second-order valence-electron chi connectivity index (χ2n) is 12.9. The van der Waals surface area contributed by atoms with Crippen LogP contribution >= 0.6 is 0 Å². The zero-order valence-electron chi connectivity index (χ0n) is 21.1. The maximum atomic E-state index is 12.4. The van der Waals surface area contributed by atoms with Crippen LogP contribution in [-0.4, -0.2) is 66.6 Å². The molecule has 1 saturated heterocycles. The van der Waals surface area contributed by atoms with Gasteiger partial charge in [0.2, 0.25) is 0 Å². The smallest absolute Gasteiger partial charge is 0.331 e. The number of hydrogen-bond donors (Lipinski definition) is 2. The molecule has 4 saturated carbocycles. The Bertz CT molecular complexity index is 861. The van der Waals surface area contributed by atoms with Crippen molar-refractivity contribution in [3.63, 3.8) is 0 Å². The van der Waals surface area contributed by atoms with Crippen LogP contribution in [-0.2, 0) is 14.3 Å². The summed E-state index contributed by atoms with van der Waals surface area (Å²) in [6.45, 7) is 8.77. The highest BCUT2D eigenvalue weighted by Crippen LogP contribution is 2.70. The van der Waals surface area contributed by atoms with Crippen LogP contribution in [0.1, 0.15) is 71.6 Å². The van der Waals surface area contributed by atoms with Crippen LogP contribution in [0.15, 0.2) is 11.6 Å². The number of hydrogen-bond acceptors (Lipinski definition) is 6. The number of carbonyl (C=O) groups excluding carboxylic acids is 1. The SMILES string of the molecule is C[C@]12CC[C@H](N3CCOC(CN)C3)C[C@H]1CC[C@@H]1[C@@H]2CC[C@]2(C)[C@@H](C3=CC(=O)OC3)CC[C@]12O. The molecule has 1 unspecified atom stereocenters. The number of rotatable bonds is 3. The average molecular weight is 473 g/mol. The molecule has 9 atom stereocenters. The van der Waals surface area contributed by atoms with E-state index >= 15 is 0 Å². The molecule has 0 radical (unpaired) electrons. The first kappa shape index (κ1) is 23.4. The molecule has 0 aromatic rings. The lowest BCUT2D eigenvalue weighted by Gasteiger charge is -2.64. The molecule has 0 spiro atoms. The molecular formula is C28H44N2O4. The molecule has 3 N–H and O–H groups in total. The monoisotopic (exact) mass is 472 g/mol. The fraction of sp³-hybridized carbons (Fsp3) is 0.893. The molecule has 6 heteroatoms. The summed E-state index contributed by atoms with van der Waals surface area (Å²) in [5.41, 5.74) is 6.62. The average Bonchev–Trinajstić information content (AvgIpc) is 3.38. The van der Waals surface area contributed by atoms with Gasteiger partial charge in [0.15, 0.2) is 0 Å². The number of aliphatic hydroxyl groups is 1. The maximum absolute atomic E-state index is 12.4. The number of ether oxygens (including phenoxy) is 2. The summed E-state index contributed by atoms with van der Waals surface area (Å²) in [5.74, 6) is 1.83. The zero-order valence-corrected chi connectivity index (χ0v) is 21.1. The van der Waals surface area contributed by atoms with Crippen molar-refractivity contribution in [1.29, 1.82) is 0 Å². The van der Waals surface area contributed by atoms with E-state index in [1.165, 1.54) is 32.1 Å². The van der Waals surface area contributed by atoms with E-state index in [9.17, 15) is 9.90 Å². The zero-order chi connectivity index (χ0) is 23.7. The largest absolute Gasteiger partial charge is 0.458 e. The van der Waals surface area contributed by atoms with Crippen LogP contribution in [0.3, 0.4) is 0 Å². The maximum Gasteiger partial charge on any atom is 0.331 e. The van der Waals surface area contributed by atoms with Crippen molar-refractivity contribution in [2.75, 3.05) is 32.8 Å². The van der Waals surface area contributed by atoms with Crippen LogP contribution in [0.5, 0.6) is 0 Å². The third-order valence-electron chi connectivity index (χ3n) is 11.9. The molecular weight excluding hydrogens is 428 g/mol.